The molecule has 0 bridgehead atoms. The number of benzene rings is 2. The van der Waals surface area contributed by atoms with E-state index in [9.17, 15) is 22.0 Å². The van der Waals surface area contributed by atoms with Crippen molar-refractivity contribution in [2.45, 2.75) is 43.4 Å². The number of alkyl halides is 7. The Morgan fingerprint density at radius 1 is 1.12 bits per heavy atom. The minimum atomic E-state index is -4.03. The van der Waals surface area contributed by atoms with Crippen molar-refractivity contribution in [3.05, 3.63) is 76.0 Å². The average Bonchev–Trinajstić information content (AvgIpc) is 4.01. The van der Waals surface area contributed by atoms with Crippen molar-refractivity contribution in [2.75, 3.05) is 32.6 Å². The summed E-state index contributed by atoms with van der Waals surface area (Å²) in [6.07, 6.45) is 5.16. The van der Waals surface area contributed by atoms with Gasteiger partial charge in [0, 0.05) is 0 Å². The zero-order valence-electron chi connectivity index (χ0n) is 25.9. The van der Waals surface area contributed by atoms with Crippen LogP contribution in [0.5, 0.6) is 17.2 Å². The Bertz CT molecular complexity index is 1820. The van der Waals surface area contributed by atoms with Crippen molar-refractivity contribution < 1.29 is 62.1 Å². The first-order chi connectivity index (χ1) is 23.5. The van der Waals surface area contributed by atoms with E-state index in [1.54, 1.807) is 24.3 Å². The zero-order chi connectivity index (χ0) is 34.5. The molecule has 3 aromatic rings. The van der Waals surface area contributed by atoms with Crippen LogP contribution in [0.3, 0.4) is 0 Å². The summed E-state index contributed by atoms with van der Waals surface area (Å²) in [5.74, 6) is 0.321. The molecule has 4 fully saturated rings. The summed E-state index contributed by atoms with van der Waals surface area (Å²) in [6, 6.07) is 10.9. The van der Waals surface area contributed by atoms with Crippen LogP contribution in [0.25, 0.3) is 0 Å². The Kier molecular flexibility index (Phi) is 10.7. The van der Waals surface area contributed by atoms with Gasteiger partial charge in [-0.3, -0.25) is 0 Å². The third-order valence-electron chi connectivity index (χ3n) is 8.49. The van der Waals surface area contributed by atoms with Gasteiger partial charge in [-0.25, -0.2) is 0 Å². The van der Waals surface area contributed by atoms with Crippen LogP contribution in [-0.2, 0) is 26.0 Å². The number of sulfonamides is 1. The monoisotopic (exact) mass is 981 g/mol. The van der Waals surface area contributed by atoms with Gasteiger partial charge in [0.2, 0.25) is 0 Å². The average molecular weight is 982 g/mol. The molecule has 0 N–H and O–H groups in total. The molecule has 1 aromatic heterocycles. The van der Waals surface area contributed by atoms with Gasteiger partial charge < -0.3 is 0 Å². The van der Waals surface area contributed by atoms with Gasteiger partial charge >= 0.3 is 317 Å². The van der Waals surface area contributed by atoms with E-state index < -0.39 is 51.2 Å². The van der Waals surface area contributed by atoms with E-state index in [0.29, 0.717) is 49.1 Å². The van der Waals surface area contributed by atoms with Gasteiger partial charge in [-0.15, -0.1) is 0 Å². The third kappa shape index (κ3) is 7.45. The fourth-order valence-corrected chi connectivity index (χ4v) is 35.6. The number of hydrogen-bond acceptors (Lipinski definition) is 9. The van der Waals surface area contributed by atoms with Crippen molar-refractivity contribution in [2.24, 2.45) is 5.92 Å². The van der Waals surface area contributed by atoms with Gasteiger partial charge in [0.15, 0.2) is 0 Å². The molecule has 4 aliphatic rings. The van der Waals surface area contributed by atoms with E-state index in [4.69, 9.17) is 42.1 Å². The molecule has 0 amide bonds. The van der Waals surface area contributed by atoms with Crippen LogP contribution in [0.2, 0.25) is 10.0 Å². The third-order valence-corrected chi connectivity index (χ3v) is 35.8. The number of esters is 1. The first-order valence-corrected chi connectivity index (χ1v) is 24.5. The molecule has 2 aromatic carbocycles. The number of methoxy groups -OCH3 is 1. The Morgan fingerprint density at radius 2 is 1.84 bits per heavy atom. The molecular formula is C32H31Cl2F2I2N2O7S2-. The van der Waals surface area contributed by atoms with Crippen LogP contribution < -0.4 is 35.4 Å². The number of rotatable bonds is 15. The Labute approximate surface area is 314 Å². The van der Waals surface area contributed by atoms with Gasteiger partial charge in [0.25, 0.3) is 0 Å². The maximum atomic E-state index is 14.4. The van der Waals surface area contributed by atoms with Crippen LogP contribution in [0, 0.1) is 5.92 Å². The topological polar surface area (TPSA) is 104 Å². The molecular weight excluding hydrogens is 951 g/mol. The number of aromatic nitrogens is 1. The molecule has 2 unspecified atom stereocenters. The molecule has 3 aliphatic heterocycles. The predicted molar refractivity (Wildman–Crippen MR) is 187 cm³/mol. The summed E-state index contributed by atoms with van der Waals surface area (Å²) in [5.41, 5.74) is 1.20. The second-order valence-electron chi connectivity index (χ2n) is 11.7. The number of thioether (sulfide) groups is 1. The maximum absolute atomic E-state index is 14.4. The van der Waals surface area contributed by atoms with Crippen LogP contribution in [0.4, 0.5) is 8.78 Å². The molecule has 4 heterocycles. The number of halogens is 6. The van der Waals surface area contributed by atoms with Gasteiger partial charge in [-0.2, -0.15) is 0 Å². The van der Waals surface area contributed by atoms with Crippen molar-refractivity contribution in [1.29, 1.82) is 0 Å². The number of carbonyl (C=O) groups excluding carboxylic acids is 1. The van der Waals surface area contributed by atoms with Crippen molar-refractivity contribution in [1.82, 2.24) is 9.29 Å². The number of carbonyl (C=O) groups is 1. The predicted octanol–water partition coefficient (Wildman–Crippen LogP) is 4.02. The van der Waals surface area contributed by atoms with Crippen LogP contribution >= 0.6 is 54.8 Å². The normalized spacial score (nSPS) is 24.5. The van der Waals surface area contributed by atoms with Crippen molar-refractivity contribution >= 4 is 70.8 Å². The molecule has 1 aliphatic carbocycles. The van der Waals surface area contributed by atoms with Crippen molar-refractivity contribution in [3.63, 3.8) is 0 Å². The molecule has 0 radical (unpaired) electrons. The number of nitrogens with zero attached hydrogens (tertiary/aromatic N) is 2. The second-order valence-corrected chi connectivity index (χ2v) is 30.8. The molecule has 1 saturated carbocycles. The Hall–Kier alpha value is -1.38. The zero-order valence-corrected chi connectivity index (χ0v) is 33.3. The Balaban J connectivity index is 1.19. The van der Waals surface area contributed by atoms with Gasteiger partial charge in [0.1, 0.15) is 0 Å². The van der Waals surface area contributed by atoms with E-state index in [-0.39, 0.29) is 57.2 Å². The molecule has 3 saturated heterocycles. The van der Waals surface area contributed by atoms with E-state index in [1.165, 1.54) is 53.8 Å². The fraction of sp³-hybridized carbons (Fsp3) is 0.438. The van der Waals surface area contributed by atoms with Gasteiger partial charge in [-0.05, 0) is 0 Å². The molecule has 9 nitrogen and oxygen atoms in total. The number of fused-ring (bicyclic) bond motifs is 1. The molecule has 4 atom stereocenters. The summed E-state index contributed by atoms with van der Waals surface area (Å²) < 4.78 is 78.1. The summed E-state index contributed by atoms with van der Waals surface area (Å²) in [4.78, 5) is 18.6. The molecule has 49 heavy (non-hydrogen) atoms. The minimum absolute atomic E-state index is 0.0172. The van der Waals surface area contributed by atoms with E-state index >= 15 is 0 Å². The summed E-state index contributed by atoms with van der Waals surface area (Å²) in [6.45, 7) is -2.62. The first kappa shape index (κ1) is 36.0. The van der Waals surface area contributed by atoms with E-state index in [0.717, 1.165) is 12.8 Å². The molecule has 7 rings (SSSR count). The van der Waals surface area contributed by atoms with E-state index in [1.807, 2.05) is 0 Å². The van der Waals surface area contributed by atoms with Crippen molar-refractivity contribution in [3.8, 4) is 17.2 Å². The molecule has 266 valence electrons. The van der Waals surface area contributed by atoms with Crippen LogP contribution in [-0.4, -0.2) is 69.6 Å². The van der Waals surface area contributed by atoms with Crippen LogP contribution in [0.15, 0.2) is 59.8 Å². The number of pyridine rings is 1. The standard InChI is InChI=1S/C32H31Cl2F2I2N2O7S2/c1-44-21-5-7-22(8-6-21)49(42,43)40-10-11-48-32(40,38-28-29(38)37-28)30(41)46-17-20(12-23-24(33)14-39-15-25(23)34)19-4-9-26(47-31(35)36)27(13-19)45-16-18-2-3-18/h4-9,13-15,18,20,28-29,31H,2-3,10-12,16-17H2,1H3/q-1/t20-,28?,29?,32-/m1/s1. The van der Waals surface area contributed by atoms with Gasteiger partial charge in [-0.1, -0.05) is 0 Å². The number of ether oxygens (including phenoxy) is 4. The summed E-state index contributed by atoms with van der Waals surface area (Å²) in [7, 11) is -2.52. The SMILES string of the molecule is COc1ccc(S(=O)(=O)N2CCS[C@]2(C(=O)OC[C@@H](Cc2c(Cl)cncc2Cl)c2ccc(OC(F)F)c(OCC3CC3)c2)I2C3[I-]C32)cc1. The fourth-order valence-electron chi connectivity index (χ4n) is 5.60. The summed E-state index contributed by atoms with van der Waals surface area (Å²) >= 11 is 12.4. The summed E-state index contributed by atoms with van der Waals surface area (Å²) in [5, 5.41) is 0.642. The molecule has 0 spiro atoms. The second kappa shape index (κ2) is 14.6. The van der Waals surface area contributed by atoms with Gasteiger partial charge in [0.05, 0.1) is 0 Å². The molecule has 17 heteroatoms. The first-order valence-electron chi connectivity index (χ1n) is 15.3. The van der Waals surface area contributed by atoms with E-state index in [2.05, 4.69) is 4.98 Å². The number of hydrogen-bond donors (Lipinski definition) is 0. The van der Waals surface area contributed by atoms with Crippen LogP contribution in [0.1, 0.15) is 29.9 Å². The quantitative estimate of drug-likeness (QED) is 0.0968. The Morgan fingerprint density at radius 3 is 2.45 bits per heavy atom.